The largest absolute Gasteiger partial charge is 0.479 e. The van der Waals surface area contributed by atoms with E-state index in [1.54, 1.807) is 37.3 Å². The molecule has 0 aliphatic carbocycles. The first-order valence-electron chi connectivity index (χ1n) is 10.7. The molecule has 9 heteroatoms. The normalized spacial score (nSPS) is 11.7. The average Bonchev–Trinajstić information content (AvgIpc) is 3.23. The topological polar surface area (TPSA) is 86.1 Å². The van der Waals surface area contributed by atoms with Crippen molar-refractivity contribution in [3.05, 3.63) is 87.8 Å². The summed E-state index contributed by atoms with van der Waals surface area (Å²) in [5.74, 6) is 0.127. The molecule has 2 aromatic carbocycles. The highest BCUT2D eigenvalue weighted by Crippen LogP contribution is 2.33. The Morgan fingerprint density at radius 3 is 2.62 bits per heavy atom. The van der Waals surface area contributed by atoms with Gasteiger partial charge < -0.3 is 10.1 Å². The maximum atomic E-state index is 12.4. The van der Waals surface area contributed by atoms with Gasteiger partial charge in [-0.2, -0.15) is 5.10 Å². The van der Waals surface area contributed by atoms with E-state index in [1.807, 2.05) is 37.3 Å². The number of hydrogen-bond donors (Lipinski definition) is 1. The molecule has 4 rings (SSSR count). The van der Waals surface area contributed by atoms with E-state index in [0.29, 0.717) is 16.5 Å². The van der Waals surface area contributed by atoms with Gasteiger partial charge in [0, 0.05) is 18.2 Å². The van der Waals surface area contributed by atoms with Gasteiger partial charge in [0.15, 0.2) is 6.10 Å². The first kappa shape index (κ1) is 23.7. The Morgan fingerprint density at radius 2 is 1.85 bits per heavy atom. The Hall–Kier alpha value is -3.49. The number of rotatable bonds is 8. The highest BCUT2D eigenvalue weighted by Gasteiger charge is 2.16. The van der Waals surface area contributed by atoms with Gasteiger partial charge in [-0.05, 0) is 32.0 Å². The van der Waals surface area contributed by atoms with Crippen LogP contribution < -0.4 is 15.6 Å². The molecule has 2 heterocycles. The van der Waals surface area contributed by atoms with E-state index in [4.69, 9.17) is 16.3 Å². The SMILES string of the molecule is Cc1nc(-c2ccccc2)sc1-c1ccc(=O)n(CCNC(=O)C(C)Oc2ccccc2Cl)n1. The number of thiazole rings is 1. The molecule has 0 aliphatic rings. The van der Waals surface area contributed by atoms with Crippen molar-refractivity contribution in [1.29, 1.82) is 0 Å². The summed E-state index contributed by atoms with van der Waals surface area (Å²) in [5, 5.41) is 8.61. The number of halogens is 1. The highest BCUT2D eigenvalue weighted by molar-refractivity contribution is 7.18. The summed E-state index contributed by atoms with van der Waals surface area (Å²) in [4.78, 5) is 30.3. The van der Waals surface area contributed by atoms with Gasteiger partial charge in [-0.1, -0.05) is 54.1 Å². The number of aromatic nitrogens is 3. The van der Waals surface area contributed by atoms with E-state index < -0.39 is 6.10 Å². The Labute approximate surface area is 206 Å². The zero-order valence-corrected chi connectivity index (χ0v) is 20.3. The lowest BCUT2D eigenvalue weighted by atomic mass is 10.2. The number of benzene rings is 2. The van der Waals surface area contributed by atoms with Gasteiger partial charge in [-0.3, -0.25) is 9.59 Å². The second kappa shape index (κ2) is 10.6. The molecular formula is C25H23ClN4O3S. The third-order valence-corrected chi connectivity index (χ3v) is 6.59. The van der Waals surface area contributed by atoms with Gasteiger partial charge in [0.05, 0.1) is 22.1 Å². The summed E-state index contributed by atoms with van der Waals surface area (Å²) >= 11 is 7.61. The van der Waals surface area contributed by atoms with Gasteiger partial charge in [0.2, 0.25) is 0 Å². The maximum absolute atomic E-state index is 12.4. The van der Waals surface area contributed by atoms with Gasteiger partial charge in [0.25, 0.3) is 11.5 Å². The minimum absolute atomic E-state index is 0.223. The van der Waals surface area contributed by atoms with Gasteiger partial charge in [-0.15, -0.1) is 11.3 Å². The molecule has 2 aromatic heterocycles. The molecule has 4 aromatic rings. The average molecular weight is 495 g/mol. The fraction of sp³-hybridized carbons (Fsp3) is 0.200. The molecule has 174 valence electrons. The molecule has 0 fully saturated rings. The Morgan fingerprint density at radius 1 is 1.12 bits per heavy atom. The molecule has 0 saturated heterocycles. The number of nitrogens with one attached hydrogen (secondary N) is 1. The van der Waals surface area contributed by atoms with Crippen LogP contribution in [0.2, 0.25) is 5.02 Å². The molecule has 1 amide bonds. The van der Waals surface area contributed by atoms with Crippen LogP contribution in [0.3, 0.4) is 0 Å². The van der Waals surface area contributed by atoms with E-state index in [-0.39, 0.29) is 24.6 Å². The number of aryl methyl sites for hydroxylation is 1. The van der Waals surface area contributed by atoms with Crippen LogP contribution in [0.4, 0.5) is 0 Å². The van der Waals surface area contributed by atoms with E-state index >= 15 is 0 Å². The summed E-state index contributed by atoms with van der Waals surface area (Å²) < 4.78 is 6.97. The van der Waals surface area contributed by atoms with Crippen molar-refractivity contribution in [3.63, 3.8) is 0 Å². The zero-order chi connectivity index (χ0) is 24.1. The molecule has 0 saturated carbocycles. The Balaban J connectivity index is 1.41. The summed E-state index contributed by atoms with van der Waals surface area (Å²) in [6.45, 7) is 4.01. The number of ether oxygens (including phenoxy) is 1. The quantitative estimate of drug-likeness (QED) is 0.387. The van der Waals surface area contributed by atoms with E-state index in [1.165, 1.54) is 22.1 Å². The lowest BCUT2D eigenvalue weighted by Gasteiger charge is -2.15. The Kier molecular flexibility index (Phi) is 7.40. The minimum atomic E-state index is -0.743. The van der Waals surface area contributed by atoms with Crippen LogP contribution in [0.1, 0.15) is 12.6 Å². The Bertz CT molecular complexity index is 1350. The third-order valence-electron chi connectivity index (χ3n) is 5.05. The lowest BCUT2D eigenvalue weighted by Crippen LogP contribution is -2.39. The number of carbonyl (C=O) groups is 1. The van der Waals surface area contributed by atoms with Crippen molar-refractivity contribution in [1.82, 2.24) is 20.1 Å². The van der Waals surface area contributed by atoms with Crippen molar-refractivity contribution in [3.8, 4) is 26.9 Å². The number of nitrogens with zero attached hydrogens (tertiary/aromatic N) is 3. The van der Waals surface area contributed by atoms with Crippen LogP contribution in [0.5, 0.6) is 5.75 Å². The van der Waals surface area contributed by atoms with Crippen LogP contribution in [0.15, 0.2) is 71.5 Å². The van der Waals surface area contributed by atoms with Gasteiger partial charge in [-0.25, -0.2) is 9.67 Å². The van der Waals surface area contributed by atoms with Crippen LogP contribution in [0.25, 0.3) is 21.1 Å². The zero-order valence-electron chi connectivity index (χ0n) is 18.7. The fourth-order valence-electron chi connectivity index (χ4n) is 3.28. The molecular weight excluding hydrogens is 472 g/mol. The first-order valence-corrected chi connectivity index (χ1v) is 11.9. The number of para-hydroxylation sites is 1. The molecule has 0 bridgehead atoms. The summed E-state index contributed by atoms with van der Waals surface area (Å²) in [7, 11) is 0. The molecule has 1 unspecified atom stereocenters. The number of hydrogen-bond acceptors (Lipinski definition) is 6. The molecule has 0 radical (unpaired) electrons. The molecule has 7 nitrogen and oxygen atoms in total. The van der Waals surface area contributed by atoms with Gasteiger partial charge in [0.1, 0.15) is 16.5 Å². The molecule has 0 aliphatic heterocycles. The molecule has 1 atom stereocenters. The first-order chi connectivity index (χ1) is 16.4. The summed E-state index contributed by atoms with van der Waals surface area (Å²) in [6, 6.07) is 20.1. The van der Waals surface area contributed by atoms with E-state index in [2.05, 4.69) is 15.4 Å². The smallest absolute Gasteiger partial charge is 0.266 e. The van der Waals surface area contributed by atoms with Crippen molar-refractivity contribution in [2.45, 2.75) is 26.5 Å². The van der Waals surface area contributed by atoms with Crippen molar-refractivity contribution in [2.75, 3.05) is 6.54 Å². The molecule has 34 heavy (non-hydrogen) atoms. The number of carbonyl (C=O) groups excluding carboxylic acids is 1. The van der Waals surface area contributed by atoms with E-state index in [0.717, 1.165) is 21.1 Å². The second-order valence-electron chi connectivity index (χ2n) is 7.56. The van der Waals surface area contributed by atoms with Crippen LogP contribution in [-0.2, 0) is 11.3 Å². The van der Waals surface area contributed by atoms with Crippen molar-refractivity contribution in [2.24, 2.45) is 0 Å². The summed E-state index contributed by atoms with van der Waals surface area (Å²) in [6.07, 6.45) is -0.743. The number of amides is 1. The molecule has 1 N–H and O–H groups in total. The monoisotopic (exact) mass is 494 g/mol. The van der Waals surface area contributed by atoms with Crippen LogP contribution in [-0.4, -0.2) is 33.3 Å². The maximum Gasteiger partial charge on any atom is 0.266 e. The lowest BCUT2D eigenvalue weighted by molar-refractivity contribution is -0.127. The predicted molar refractivity (Wildman–Crippen MR) is 134 cm³/mol. The van der Waals surface area contributed by atoms with E-state index in [9.17, 15) is 9.59 Å². The fourth-order valence-corrected chi connectivity index (χ4v) is 4.50. The van der Waals surface area contributed by atoms with Gasteiger partial charge >= 0.3 is 0 Å². The van der Waals surface area contributed by atoms with Crippen LogP contribution in [0, 0.1) is 6.92 Å². The third kappa shape index (κ3) is 5.52. The van der Waals surface area contributed by atoms with Crippen LogP contribution >= 0.6 is 22.9 Å². The standard InChI is InChI=1S/C25H23ClN4O3S/c1-16-23(34-25(28-16)18-8-4-3-5-9-18)20-12-13-22(31)30(29-20)15-14-27-24(32)17(2)33-21-11-7-6-10-19(21)26/h3-13,17H,14-15H2,1-2H3,(H,27,32). The minimum Gasteiger partial charge on any atom is -0.479 e. The predicted octanol–water partition coefficient (Wildman–Crippen LogP) is 4.58. The highest BCUT2D eigenvalue weighted by atomic mass is 35.5. The second-order valence-corrected chi connectivity index (χ2v) is 8.97. The van der Waals surface area contributed by atoms with Crippen molar-refractivity contribution >= 4 is 28.8 Å². The molecule has 0 spiro atoms. The van der Waals surface area contributed by atoms with Crippen molar-refractivity contribution < 1.29 is 9.53 Å². The summed E-state index contributed by atoms with van der Waals surface area (Å²) in [5.41, 5.74) is 2.30.